The summed E-state index contributed by atoms with van der Waals surface area (Å²) in [7, 11) is 1.49. The van der Waals surface area contributed by atoms with Gasteiger partial charge in [-0.1, -0.05) is 15.9 Å². The van der Waals surface area contributed by atoms with Gasteiger partial charge in [0.2, 0.25) is 6.04 Å². The maximum atomic E-state index is 13.7. The van der Waals surface area contributed by atoms with Gasteiger partial charge in [0.15, 0.2) is 0 Å². The largest absolute Gasteiger partial charge is 0.496 e. The summed E-state index contributed by atoms with van der Waals surface area (Å²) in [6, 6.07) is 3.42. The Morgan fingerprint density at radius 2 is 1.89 bits per heavy atom. The second-order valence-electron chi connectivity index (χ2n) is 9.41. The number of amides is 1. The number of carbonyl (C=O) groups excluding carboxylic acids is 1. The number of fused-ring (bicyclic) bond motifs is 1. The zero-order valence-electron chi connectivity index (χ0n) is 19.8. The molecule has 3 rings (SSSR count). The van der Waals surface area contributed by atoms with E-state index in [2.05, 4.69) is 15.9 Å². The number of methoxy groups -OCH3 is 1. The van der Waals surface area contributed by atoms with Crippen LogP contribution in [0, 0.1) is 21.7 Å². The highest BCUT2D eigenvalue weighted by Crippen LogP contribution is 2.37. The van der Waals surface area contributed by atoms with Gasteiger partial charge < -0.3 is 14.6 Å². The molecule has 1 aliphatic rings. The molecule has 11 heteroatoms. The highest BCUT2D eigenvalue weighted by molar-refractivity contribution is 9.10. The van der Waals surface area contributed by atoms with Crippen LogP contribution in [0.5, 0.6) is 5.75 Å². The Kier molecular flexibility index (Phi) is 8.00. The molecule has 0 unspecified atom stereocenters. The Bertz CT molecular complexity index is 1100. The molecule has 0 saturated heterocycles. The molecule has 8 nitrogen and oxygen atoms in total. The number of nitro groups is 1. The van der Waals surface area contributed by atoms with Gasteiger partial charge in [0, 0.05) is 27.4 Å². The second-order valence-corrected chi connectivity index (χ2v) is 10.3. The first-order chi connectivity index (χ1) is 16.3. The SMILES string of the molecule is COc1ccc(Br)c2c1CN(C(=O)OC(C)(C)C)[C@@H]([C@@H](O)[C@H](Cc1cc(F)cc(F)c1)[N+](=O)[O-])C2. The van der Waals surface area contributed by atoms with E-state index in [-0.39, 0.29) is 18.5 Å². The van der Waals surface area contributed by atoms with Crippen LogP contribution in [0.3, 0.4) is 0 Å². The molecule has 0 spiro atoms. The van der Waals surface area contributed by atoms with E-state index < -0.39 is 52.9 Å². The molecule has 0 bridgehead atoms. The van der Waals surface area contributed by atoms with Crippen molar-refractivity contribution in [3.63, 3.8) is 0 Å². The number of rotatable bonds is 6. The molecule has 35 heavy (non-hydrogen) atoms. The van der Waals surface area contributed by atoms with E-state index in [0.717, 1.165) is 17.7 Å². The lowest BCUT2D eigenvalue weighted by Gasteiger charge is -2.40. The molecule has 0 aliphatic carbocycles. The summed E-state index contributed by atoms with van der Waals surface area (Å²) in [6.07, 6.45) is -2.80. The number of carbonyl (C=O) groups is 1. The lowest BCUT2D eigenvalue weighted by Crippen LogP contribution is -2.56. The lowest BCUT2D eigenvalue weighted by atomic mass is 9.86. The molecule has 0 fully saturated rings. The van der Waals surface area contributed by atoms with E-state index in [4.69, 9.17) is 9.47 Å². The minimum absolute atomic E-state index is 0.0196. The maximum absolute atomic E-state index is 13.7. The van der Waals surface area contributed by atoms with Gasteiger partial charge in [-0.2, -0.15) is 0 Å². The standard InChI is InChI=1S/C24H27BrF2N2O6/c1-24(2,3)35-23(31)28-12-17-16(18(25)5-6-21(17)34-4)11-19(28)22(30)20(29(32)33)9-13-7-14(26)10-15(27)8-13/h5-8,10,19-20,22,30H,9,11-12H2,1-4H3/t19-,20+,22-/m1/s1. The molecular formula is C24H27BrF2N2O6. The quantitative estimate of drug-likeness (QED) is 0.410. The number of nitrogens with zero attached hydrogens (tertiary/aromatic N) is 2. The summed E-state index contributed by atoms with van der Waals surface area (Å²) in [4.78, 5) is 25.7. The summed E-state index contributed by atoms with van der Waals surface area (Å²) in [5, 5.41) is 23.2. The molecule has 2 aromatic rings. The smallest absolute Gasteiger partial charge is 0.410 e. The van der Waals surface area contributed by atoms with Gasteiger partial charge in [-0.25, -0.2) is 13.6 Å². The molecule has 1 heterocycles. The molecule has 3 atom stereocenters. The number of aliphatic hydroxyl groups excluding tert-OH is 1. The minimum Gasteiger partial charge on any atom is -0.496 e. The Morgan fingerprint density at radius 1 is 1.26 bits per heavy atom. The van der Waals surface area contributed by atoms with Crippen LogP contribution in [0.2, 0.25) is 0 Å². The van der Waals surface area contributed by atoms with E-state index in [1.807, 2.05) is 0 Å². The van der Waals surface area contributed by atoms with Crippen molar-refractivity contribution in [3.05, 3.63) is 73.2 Å². The van der Waals surface area contributed by atoms with Crippen molar-refractivity contribution in [2.24, 2.45) is 0 Å². The number of hydrogen-bond acceptors (Lipinski definition) is 6. The predicted octanol–water partition coefficient (Wildman–Crippen LogP) is 4.65. The Balaban J connectivity index is 2.02. The van der Waals surface area contributed by atoms with Gasteiger partial charge in [-0.15, -0.1) is 0 Å². The molecule has 0 aromatic heterocycles. The van der Waals surface area contributed by atoms with Crippen molar-refractivity contribution < 1.29 is 33.1 Å². The average Bonchev–Trinajstić information content (AvgIpc) is 2.74. The van der Waals surface area contributed by atoms with Crippen molar-refractivity contribution in [2.75, 3.05) is 7.11 Å². The molecular weight excluding hydrogens is 530 g/mol. The van der Waals surface area contributed by atoms with Gasteiger partial charge in [0.1, 0.15) is 29.1 Å². The first kappa shape index (κ1) is 26.8. The third kappa shape index (κ3) is 6.26. The van der Waals surface area contributed by atoms with Crippen LogP contribution in [0.25, 0.3) is 0 Å². The van der Waals surface area contributed by atoms with Gasteiger partial charge in [0.25, 0.3) is 0 Å². The van der Waals surface area contributed by atoms with Gasteiger partial charge >= 0.3 is 6.09 Å². The number of benzene rings is 2. The Labute approximate surface area is 210 Å². The molecule has 0 radical (unpaired) electrons. The molecule has 1 N–H and O–H groups in total. The fraction of sp³-hybridized carbons (Fsp3) is 0.458. The van der Waals surface area contributed by atoms with E-state index in [1.54, 1.807) is 32.9 Å². The first-order valence-corrected chi connectivity index (χ1v) is 11.7. The molecule has 1 amide bonds. The number of ether oxygens (including phenoxy) is 2. The Hall–Kier alpha value is -2.79. The third-order valence-electron chi connectivity index (χ3n) is 5.75. The maximum Gasteiger partial charge on any atom is 0.410 e. The molecule has 0 saturated carbocycles. The van der Waals surface area contributed by atoms with Crippen LogP contribution in [-0.4, -0.2) is 51.9 Å². The fourth-order valence-electron chi connectivity index (χ4n) is 4.21. The van der Waals surface area contributed by atoms with E-state index in [0.29, 0.717) is 21.9 Å². The summed E-state index contributed by atoms with van der Waals surface area (Å²) >= 11 is 3.47. The number of aliphatic hydroxyl groups is 1. The van der Waals surface area contributed by atoms with Crippen molar-refractivity contribution in [2.45, 2.75) is 63.9 Å². The monoisotopic (exact) mass is 556 g/mol. The third-order valence-corrected chi connectivity index (χ3v) is 6.49. The van der Waals surface area contributed by atoms with E-state index >= 15 is 0 Å². The highest BCUT2D eigenvalue weighted by Gasteiger charge is 2.45. The van der Waals surface area contributed by atoms with Crippen molar-refractivity contribution in [3.8, 4) is 5.75 Å². The van der Waals surface area contributed by atoms with Crippen LogP contribution in [-0.2, 0) is 24.1 Å². The van der Waals surface area contributed by atoms with Crippen LogP contribution in [0.1, 0.15) is 37.5 Å². The highest BCUT2D eigenvalue weighted by atomic mass is 79.9. The second kappa shape index (κ2) is 10.4. The molecule has 190 valence electrons. The van der Waals surface area contributed by atoms with Gasteiger partial charge in [-0.3, -0.25) is 15.0 Å². The Morgan fingerprint density at radius 3 is 2.43 bits per heavy atom. The summed E-state index contributed by atoms with van der Waals surface area (Å²) < 4.78 is 39.0. The van der Waals surface area contributed by atoms with Crippen molar-refractivity contribution >= 4 is 22.0 Å². The van der Waals surface area contributed by atoms with Crippen LogP contribution >= 0.6 is 15.9 Å². The van der Waals surface area contributed by atoms with Crippen LogP contribution in [0.15, 0.2) is 34.8 Å². The minimum atomic E-state index is -1.67. The predicted molar refractivity (Wildman–Crippen MR) is 127 cm³/mol. The van der Waals surface area contributed by atoms with Gasteiger partial charge in [-0.05, 0) is 62.6 Å². The normalized spacial score (nSPS) is 17.4. The summed E-state index contributed by atoms with van der Waals surface area (Å²) in [5.41, 5.74) is 0.579. The summed E-state index contributed by atoms with van der Waals surface area (Å²) in [6.45, 7) is 5.03. The van der Waals surface area contributed by atoms with E-state index in [1.165, 1.54) is 12.0 Å². The average molecular weight is 557 g/mol. The van der Waals surface area contributed by atoms with E-state index in [9.17, 15) is 28.8 Å². The molecule has 1 aliphatic heterocycles. The topological polar surface area (TPSA) is 102 Å². The van der Waals surface area contributed by atoms with Crippen molar-refractivity contribution in [1.29, 1.82) is 0 Å². The lowest BCUT2D eigenvalue weighted by molar-refractivity contribution is -0.535. The zero-order valence-corrected chi connectivity index (χ0v) is 21.3. The summed E-state index contributed by atoms with van der Waals surface area (Å²) in [5.74, 6) is -1.24. The van der Waals surface area contributed by atoms with Crippen LogP contribution < -0.4 is 4.74 Å². The fourth-order valence-corrected chi connectivity index (χ4v) is 4.74. The first-order valence-electron chi connectivity index (χ1n) is 10.9. The van der Waals surface area contributed by atoms with Crippen LogP contribution in [0.4, 0.5) is 13.6 Å². The number of halogens is 3. The van der Waals surface area contributed by atoms with Crippen molar-refractivity contribution in [1.82, 2.24) is 4.90 Å². The number of hydrogen-bond donors (Lipinski definition) is 1. The van der Waals surface area contributed by atoms with Gasteiger partial charge in [0.05, 0.1) is 19.7 Å². The molecule has 2 aromatic carbocycles. The zero-order chi connectivity index (χ0) is 26.1.